The van der Waals surface area contributed by atoms with Gasteiger partial charge in [0.1, 0.15) is 0 Å². The summed E-state index contributed by atoms with van der Waals surface area (Å²) < 4.78 is 5.62. The molecule has 1 fully saturated rings. The van der Waals surface area contributed by atoms with Crippen LogP contribution in [-0.4, -0.2) is 63.3 Å². The maximum absolute atomic E-state index is 5.62. The Hall–Kier alpha value is 0.230. The summed E-state index contributed by atoms with van der Waals surface area (Å²) in [6.45, 7) is 8.63. The summed E-state index contributed by atoms with van der Waals surface area (Å²) in [5, 5.41) is 3.57. The Balaban J connectivity index is 2.35. The molecule has 0 aromatic carbocycles. The maximum Gasteiger partial charge on any atom is 0.0547 e. The standard InChI is InChI=1S/C13H28N2OS/c1-4-6-14-10-13(5-8-16-12-13)11-15(2)7-9-17-3/h14H,4-12H2,1-3H3. The molecule has 3 nitrogen and oxygen atoms in total. The SMILES string of the molecule is CCCNCC1(CN(C)CCSC)CCOC1. The summed E-state index contributed by atoms with van der Waals surface area (Å²) in [6.07, 6.45) is 4.58. The molecule has 1 N–H and O–H groups in total. The topological polar surface area (TPSA) is 24.5 Å². The fourth-order valence-electron chi connectivity index (χ4n) is 2.40. The second-order valence-electron chi connectivity index (χ2n) is 5.21. The molecular formula is C13H28N2OS. The van der Waals surface area contributed by atoms with Crippen LogP contribution in [0.15, 0.2) is 0 Å². The number of nitrogens with one attached hydrogen (secondary N) is 1. The first-order chi connectivity index (χ1) is 8.22. The number of ether oxygens (including phenoxy) is 1. The molecule has 1 rings (SSSR count). The largest absolute Gasteiger partial charge is 0.381 e. The van der Waals surface area contributed by atoms with Crippen molar-refractivity contribution >= 4 is 11.8 Å². The number of hydrogen-bond acceptors (Lipinski definition) is 4. The molecule has 0 saturated carbocycles. The van der Waals surface area contributed by atoms with E-state index in [4.69, 9.17) is 4.74 Å². The van der Waals surface area contributed by atoms with Crippen LogP contribution in [0.3, 0.4) is 0 Å². The molecule has 4 heteroatoms. The van der Waals surface area contributed by atoms with Crippen LogP contribution in [0.25, 0.3) is 0 Å². The molecule has 0 spiro atoms. The van der Waals surface area contributed by atoms with Gasteiger partial charge in [0.2, 0.25) is 0 Å². The molecule has 1 unspecified atom stereocenters. The molecule has 0 aromatic heterocycles. The van der Waals surface area contributed by atoms with Gasteiger partial charge in [0.15, 0.2) is 0 Å². The second-order valence-corrected chi connectivity index (χ2v) is 6.20. The zero-order valence-electron chi connectivity index (χ0n) is 11.6. The first-order valence-corrected chi connectivity index (χ1v) is 8.08. The molecule has 0 bridgehead atoms. The molecule has 102 valence electrons. The minimum absolute atomic E-state index is 0.350. The molecule has 1 heterocycles. The van der Waals surface area contributed by atoms with E-state index in [2.05, 4.69) is 30.4 Å². The molecule has 1 saturated heterocycles. The third kappa shape index (κ3) is 5.60. The van der Waals surface area contributed by atoms with E-state index >= 15 is 0 Å². The number of thioether (sulfide) groups is 1. The summed E-state index contributed by atoms with van der Waals surface area (Å²) in [4.78, 5) is 2.46. The van der Waals surface area contributed by atoms with E-state index in [9.17, 15) is 0 Å². The van der Waals surface area contributed by atoms with Crippen molar-refractivity contribution in [3.8, 4) is 0 Å². The first kappa shape index (κ1) is 15.3. The zero-order valence-corrected chi connectivity index (χ0v) is 12.4. The van der Waals surface area contributed by atoms with E-state index in [-0.39, 0.29) is 0 Å². The van der Waals surface area contributed by atoms with Gasteiger partial charge in [-0.25, -0.2) is 0 Å². The Bertz CT molecular complexity index is 196. The van der Waals surface area contributed by atoms with E-state index < -0.39 is 0 Å². The van der Waals surface area contributed by atoms with Crippen LogP contribution >= 0.6 is 11.8 Å². The molecule has 0 aromatic rings. The van der Waals surface area contributed by atoms with Crippen LogP contribution in [0.5, 0.6) is 0 Å². The van der Waals surface area contributed by atoms with Gasteiger partial charge in [0.05, 0.1) is 6.61 Å². The third-order valence-corrected chi connectivity index (χ3v) is 3.99. The minimum Gasteiger partial charge on any atom is -0.381 e. The zero-order chi connectivity index (χ0) is 12.6. The van der Waals surface area contributed by atoms with Crippen molar-refractivity contribution in [1.82, 2.24) is 10.2 Å². The van der Waals surface area contributed by atoms with Crippen molar-refractivity contribution in [2.24, 2.45) is 5.41 Å². The van der Waals surface area contributed by atoms with Gasteiger partial charge in [-0.15, -0.1) is 0 Å². The van der Waals surface area contributed by atoms with E-state index in [0.29, 0.717) is 5.41 Å². The first-order valence-electron chi connectivity index (χ1n) is 6.68. The van der Waals surface area contributed by atoms with Crippen molar-refractivity contribution in [2.75, 3.05) is 58.4 Å². The quantitative estimate of drug-likeness (QED) is 0.638. The molecule has 0 radical (unpaired) electrons. The molecule has 1 aliphatic heterocycles. The maximum atomic E-state index is 5.62. The fraction of sp³-hybridized carbons (Fsp3) is 1.00. The summed E-state index contributed by atoms with van der Waals surface area (Å²) >= 11 is 1.92. The average molecular weight is 260 g/mol. The van der Waals surface area contributed by atoms with Gasteiger partial charge in [0, 0.05) is 37.4 Å². The minimum atomic E-state index is 0.350. The molecule has 0 amide bonds. The van der Waals surface area contributed by atoms with Crippen LogP contribution in [-0.2, 0) is 4.74 Å². The van der Waals surface area contributed by atoms with Crippen molar-refractivity contribution in [3.63, 3.8) is 0 Å². The molecule has 17 heavy (non-hydrogen) atoms. The lowest BCUT2D eigenvalue weighted by Crippen LogP contribution is -2.44. The Morgan fingerprint density at radius 1 is 1.47 bits per heavy atom. The van der Waals surface area contributed by atoms with Crippen molar-refractivity contribution in [2.45, 2.75) is 19.8 Å². The van der Waals surface area contributed by atoms with Gasteiger partial charge >= 0.3 is 0 Å². The third-order valence-electron chi connectivity index (χ3n) is 3.39. The highest BCUT2D eigenvalue weighted by Gasteiger charge is 2.35. The summed E-state index contributed by atoms with van der Waals surface area (Å²) in [5.74, 6) is 1.22. The predicted octanol–water partition coefficient (Wildman–Crippen LogP) is 1.69. The number of rotatable bonds is 9. The Morgan fingerprint density at radius 2 is 2.29 bits per heavy atom. The van der Waals surface area contributed by atoms with Gasteiger partial charge in [-0.3, -0.25) is 0 Å². The Labute approximate surface area is 111 Å². The highest BCUT2D eigenvalue weighted by Crippen LogP contribution is 2.28. The van der Waals surface area contributed by atoms with Crippen molar-refractivity contribution < 1.29 is 4.74 Å². The predicted molar refractivity (Wildman–Crippen MR) is 76.9 cm³/mol. The lowest BCUT2D eigenvalue weighted by atomic mass is 9.86. The lowest BCUT2D eigenvalue weighted by Gasteiger charge is -2.32. The fourth-order valence-corrected chi connectivity index (χ4v) is 2.89. The number of hydrogen-bond donors (Lipinski definition) is 1. The highest BCUT2D eigenvalue weighted by molar-refractivity contribution is 7.98. The van der Waals surface area contributed by atoms with E-state index in [1.807, 2.05) is 11.8 Å². The Morgan fingerprint density at radius 3 is 2.88 bits per heavy atom. The summed E-state index contributed by atoms with van der Waals surface area (Å²) in [6, 6.07) is 0. The van der Waals surface area contributed by atoms with Gasteiger partial charge < -0.3 is 15.0 Å². The highest BCUT2D eigenvalue weighted by atomic mass is 32.2. The van der Waals surface area contributed by atoms with Crippen molar-refractivity contribution in [1.29, 1.82) is 0 Å². The Kier molecular flexibility index (Phi) is 7.51. The van der Waals surface area contributed by atoms with Crippen molar-refractivity contribution in [3.05, 3.63) is 0 Å². The van der Waals surface area contributed by atoms with E-state index in [1.54, 1.807) is 0 Å². The molecule has 0 aliphatic carbocycles. The van der Waals surface area contributed by atoms with Crippen LogP contribution < -0.4 is 5.32 Å². The summed E-state index contributed by atoms with van der Waals surface area (Å²) in [7, 11) is 2.23. The molecule has 1 aliphatic rings. The second kappa shape index (κ2) is 8.35. The van der Waals surface area contributed by atoms with E-state index in [0.717, 1.165) is 32.8 Å². The average Bonchev–Trinajstić information content (AvgIpc) is 2.75. The van der Waals surface area contributed by atoms with Crippen LogP contribution in [0.4, 0.5) is 0 Å². The van der Waals surface area contributed by atoms with Gasteiger partial charge in [0.25, 0.3) is 0 Å². The molecular weight excluding hydrogens is 232 g/mol. The summed E-state index contributed by atoms with van der Waals surface area (Å²) in [5.41, 5.74) is 0.350. The van der Waals surface area contributed by atoms with Crippen LogP contribution in [0.2, 0.25) is 0 Å². The normalized spacial score (nSPS) is 24.7. The van der Waals surface area contributed by atoms with E-state index in [1.165, 1.54) is 25.1 Å². The van der Waals surface area contributed by atoms with Crippen LogP contribution in [0, 0.1) is 5.41 Å². The van der Waals surface area contributed by atoms with Gasteiger partial charge in [-0.1, -0.05) is 6.92 Å². The molecule has 1 atom stereocenters. The van der Waals surface area contributed by atoms with Gasteiger partial charge in [-0.05, 0) is 32.7 Å². The van der Waals surface area contributed by atoms with Gasteiger partial charge in [-0.2, -0.15) is 11.8 Å². The monoisotopic (exact) mass is 260 g/mol. The number of nitrogens with zero attached hydrogens (tertiary/aromatic N) is 1. The van der Waals surface area contributed by atoms with Crippen LogP contribution in [0.1, 0.15) is 19.8 Å². The smallest absolute Gasteiger partial charge is 0.0547 e. The lowest BCUT2D eigenvalue weighted by molar-refractivity contribution is 0.121.